The van der Waals surface area contributed by atoms with Gasteiger partial charge in [0.15, 0.2) is 6.73 Å². The Balaban J connectivity index is 2.05. The lowest BCUT2D eigenvalue weighted by Gasteiger charge is -2.13. The fourth-order valence-electron chi connectivity index (χ4n) is 1.98. The molecule has 0 spiro atoms. The van der Waals surface area contributed by atoms with Gasteiger partial charge in [-0.15, -0.1) is 5.10 Å². The highest BCUT2D eigenvalue weighted by Crippen LogP contribution is 2.30. The molecule has 0 radical (unpaired) electrons. The summed E-state index contributed by atoms with van der Waals surface area (Å²) >= 11 is 0. The fourth-order valence-corrected chi connectivity index (χ4v) is 1.98. The molecule has 1 aliphatic heterocycles. The van der Waals surface area contributed by atoms with E-state index in [9.17, 15) is 13.2 Å². The van der Waals surface area contributed by atoms with Gasteiger partial charge >= 0.3 is 12.1 Å². The van der Waals surface area contributed by atoms with Gasteiger partial charge in [0.05, 0.1) is 5.69 Å². The minimum Gasteiger partial charge on any atom is -0.450 e. The van der Waals surface area contributed by atoms with Crippen molar-refractivity contribution >= 4 is 22.4 Å². The number of hydrazone groups is 1. The zero-order valence-corrected chi connectivity index (χ0v) is 9.69. The van der Waals surface area contributed by atoms with Gasteiger partial charge in [0, 0.05) is 5.39 Å². The number of benzene rings is 2. The van der Waals surface area contributed by atoms with Crippen molar-refractivity contribution in [3.05, 3.63) is 42.5 Å². The van der Waals surface area contributed by atoms with Gasteiger partial charge in [0.2, 0.25) is 0 Å². The molecule has 0 fully saturated rings. The third kappa shape index (κ3) is 2.09. The second kappa shape index (κ2) is 4.15. The smallest absolute Gasteiger partial charge is 0.450 e. The highest BCUT2D eigenvalue weighted by Gasteiger charge is 2.42. The van der Waals surface area contributed by atoms with Crippen LogP contribution in [0.3, 0.4) is 0 Å². The predicted molar refractivity (Wildman–Crippen MR) is 65.9 cm³/mol. The van der Waals surface area contributed by atoms with E-state index in [0.717, 1.165) is 10.8 Å². The lowest BCUT2D eigenvalue weighted by atomic mass is 10.1. The summed E-state index contributed by atoms with van der Waals surface area (Å²) in [4.78, 5) is 0. The van der Waals surface area contributed by atoms with Gasteiger partial charge in [-0.3, -0.25) is 0 Å². The van der Waals surface area contributed by atoms with E-state index in [4.69, 9.17) is 0 Å². The number of halogens is 3. The van der Waals surface area contributed by atoms with E-state index >= 15 is 0 Å². The minimum atomic E-state index is -4.56. The first-order chi connectivity index (χ1) is 9.05. The van der Waals surface area contributed by atoms with Crippen molar-refractivity contribution < 1.29 is 17.9 Å². The molecule has 0 saturated carbocycles. The molecule has 2 aromatic carbocycles. The van der Waals surface area contributed by atoms with Crippen molar-refractivity contribution in [1.82, 2.24) is 0 Å². The van der Waals surface area contributed by atoms with Crippen molar-refractivity contribution in [2.24, 2.45) is 5.10 Å². The average molecular weight is 266 g/mol. The molecule has 0 aliphatic carbocycles. The Morgan fingerprint density at radius 1 is 1.05 bits per heavy atom. The van der Waals surface area contributed by atoms with Crippen LogP contribution in [0.15, 0.2) is 47.6 Å². The first-order valence-electron chi connectivity index (χ1n) is 5.59. The number of anilines is 1. The Kier molecular flexibility index (Phi) is 2.58. The summed E-state index contributed by atoms with van der Waals surface area (Å²) in [6.45, 7) is -0.233. The Morgan fingerprint density at radius 2 is 1.79 bits per heavy atom. The van der Waals surface area contributed by atoms with Gasteiger partial charge in [-0.05, 0) is 11.5 Å². The Bertz CT molecular complexity index is 646. The van der Waals surface area contributed by atoms with Crippen molar-refractivity contribution in [2.45, 2.75) is 6.18 Å². The Morgan fingerprint density at radius 3 is 2.53 bits per heavy atom. The highest BCUT2D eigenvalue weighted by molar-refractivity contribution is 5.95. The van der Waals surface area contributed by atoms with Gasteiger partial charge in [-0.2, -0.15) is 13.2 Å². The quantitative estimate of drug-likeness (QED) is 0.789. The lowest BCUT2D eigenvalue weighted by Crippen LogP contribution is -2.22. The highest BCUT2D eigenvalue weighted by atomic mass is 19.4. The molecule has 2 aromatic rings. The summed E-state index contributed by atoms with van der Waals surface area (Å²) in [5.41, 5.74) is 0.595. The van der Waals surface area contributed by atoms with Crippen LogP contribution >= 0.6 is 0 Å². The minimum absolute atomic E-state index is 0.233. The van der Waals surface area contributed by atoms with Crippen molar-refractivity contribution in [2.75, 3.05) is 11.7 Å². The molecule has 6 heteroatoms. The van der Waals surface area contributed by atoms with Crippen molar-refractivity contribution in [3.8, 4) is 0 Å². The molecule has 98 valence electrons. The van der Waals surface area contributed by atoms with Crippen LogP contribution in [0.25, 0.3) is 10.8 Å². The molecule has 3 nitrogen and oxygen atoms in total. The maximum atomic E-state index is 12.5. The van der Waals surface area contributed by atoms with E-state index in [-0.39, 0.29) is 6.73 Å². The molecule has 0 N–H and O–H groups in total. The van der Waals surface area contributed by atoms with Crippen LogP contribution in [0.1, 0.15) is 0 Å². The third-order valence-electron chi connectivity index (χ3n) is 2.82. The number of hydrogen-bond donors (Lipinski definition) is 0. The zero-order valence-electron chi connectivity index (χ0n) is 9.69. The van der Waals surface area contributed by atoms with E-state index in [1.165, 1.54) is 5.01 Å². The van der Waals surface area contributed by atoms with E-state index < -0.39 is 12.1 Å². The molecule has 1 heterocycles. The monoisotopic (exact) mass is 266 g/mol. The molecule has 0 aromatic heterocycles. The normalized spacial score (nSPS) is 15.5. The number of alkyl halides is 3. The van der Waals surface area contributed by atoms with E-state index in [1.54, 1.807) is 12.1 Å². The fraction of sp³-hybridized carbons (Fsp3) is 0.154. The van der Waals surface area contributed by atoms with Crippen molar-refractivity contribution in [1.29, 1.82) is 0 Å². The van der Waals surface area contributed by atoms with Crippen LogP contribution in [-0.2, 0) is 4.74 Å². The zero-order chi connectivity index (χ0) is 13.5. The second-order valence-electron chi connectivity index (χ2n) is 4.07. The van der Waals surface area contributed by atoms with E-state index in [1.807, 2.05) is 30.3 Å². The molecule has 0 unspecified atom stereocenters. The molecule has 0 saturated heterocycles. The Labute approximate surface area is 106 Å². The van der Waals surface area contributed by atoms with Crippen LogP contribution in [-0.4, -0.2) is 18.8 Å². The number of rotatable bonds is 1. The first kappa shape index (κ1) is 11.8. The topological polar surface area (TPSA) is 24.8 Å². The Hall–Kier alpha value is -2.24. The summed E-state index contributed by atoms with van der Waals surface area (Å²) in [6, 6.07) is 12.8. The summed E-state index contributed by atoms with van der Waals surface area (Å²) in [7, 11) is 0. The van der Waals surface area contributed by atoms with Crippen LogP contribution in [0, 0.1) is 0 Å². The van der Waals surface area contributed by atoms with E-state index in [2.05, 4.69) is 9.84 Å². The summed E-state index contributed by atoms with van der Waals surface area (Å²) in [5, 5.41) is 6.47. The van der Waals surface area contributed by atoms with Crippen LogP contribution in [0.4, 0.5) is 18.9 Å². The number of hydrogen-bond acceptors (Lipinski definition) is 3. The van der Waals surface area contributed by atoms with Gasteiger partial charge in [0.1, 0.15) is 0 Å². The standard InChI is InChI=1S/C13H9F3N2O/c14-13(15,16)12-17-18(8-19-12)11-7-3-5-9-4-1-2-6-10(9)11/h1-7H,8H2. The largest absolute Gasteiger partial charge is 0.470 e. The number of nitrogens with zero attached hydrogens (tertiary/aromatic N) is 2. The molecular weight excluding hydrogens is 257 g/mol. The number of fused-ring (bicyclic) bond motifs is 1. The molecule has 0 bridgehead atoms. The van der Waals surface area contributed by atoms with Crippen molar-refractivity contribution in [3.63, 3.8) is 0 Å². The SMILES string of the molecule is FC(F)(F)C1=NN(c2cccc3ccccc23)CO1. The molecule has 19 heavy (non-hydrogen) atoms. The summed E-state index contributed by atoms with van der Waals surface area (Å²) in [6.07, 6.45) is -4.56. The molecule has 1 aliphatic rings. The third-order valence-corrected chi connectivity index (χ3v) is 2.82. The summed E-state index contributed by atoms with van der Waals surface area (Å²) in [5.74, 6) is -1.21. The maximum absolute atomic E-state index is 12.5. The van der Waals surface area contributed by atoms with Gasteiger partial charge < -0.3 is 4.74 Å². The van der Waals surface area contributed by atoms with Gasteiger partial charge in [-0.25, -0.2) is 5.01 Å². The number of ether oxygens (including phenoxy) is 1. The average Bonchev–Trinajstić information content (AvgIpc) is 2.87. The predicted octanol–water partition coefficient (Wildman–Crippen LogP) is 3.51. The summed E-state index contributed by atoms with van der Waals surface area (Å²) < 4.78 is 42.0. The maximum Gasteiger partial charge on any atom is 0.470 e. The molecule has 0 atom stereocenters. The van der Waals surface area contributed by atoms with Crippen LogP contribution < -0.4 is 5.01 Å². The lowest BCUT2D eigenvalue weighted by molar-refractivity contribution is -0.0752. The molecule has 0 amide bonds. The molecular formula is C13H9F3N2O. The van der Waals surface area contributed by atoms with Crippen LogP contribution in [0.2, 0.25) is 0 Å². The van der Waals surface area contributed by atoms with Gasteiger partial charge in [-0.1, -0.05) is 36.4 Å². The molecule has 3 rings (SSSR count). The van der Waals surface area contributed by atoms with Gasteiger partial charge in [0.25, 0.3) is 0 Å². The first-order valence-corrected chi connectivity index (χ1v) is 5.59. The van der Waals surface area contributed by atoms with E-state index in [0.29, 0.717) is 5.69 Å². The second-order valence-corrected chi connectivity index (χ2v) is 4.07. The van der Waals surface area contributed by atoms with Crippen LogP contribution in [0.5, 0.6) is 0 Å².